The average Bonchev–Trinajstić information content (AvgIpc) is 3.08. The summed E-state index contributed by atoms with van der Waals surface area (Å²) in [7, 11) is 0. The van der Waals surface area contributed by atoms with Gasteiger partial charge in [-0.3, -0.25) is 0 Å². The molecule has 4 heteroatoms. The van der Waals surface area contributed by atoms with Crippen LogP contribution in [0.25, 0.3) is 0 Å². The summed E-state index contributed by atoms with van der Waals surface area (Å²) < 4.78 is 0. The molecule has 2 unspecified atom stereocenters. The summed E-state index contributed by atoms with van der Waals surface area (Å²) in [5.41, 5.74) is 1.31. The van der Waals surface area contributed by atoms with Gasteiger partial charge in [0, 0.05) is 30.6 Å². The van der Waals surface area contributed by atoms with E-state index in [1.807, 2.05) is 11.3 Å². The molecule has 1 aromatic heterocycles. The van der Waals surface area contributed by atoms with Crippen LogP contribution in [-0.4, -0.2) is 24.1 Å². The molecule has 0 bridgehead atoms. The predicted octanol–water partition coefficient (Wildman–Crippen LogP) is 4.00. The second kappa shape index (κ2) is 6.25. The van der Waals surface area contributed by atoms with Gasteiger partial charge in [-0.15, -0.1) is 11.3 Å². The lowest BCUT2D eigenvalue weighted by molar-refractivity contribution is 0.494. The third-order valence-corrected chi connectivity index (χ3v) is 6.06. The SMILES string of the molecule is CC(C)NCc1sc(N2CC3CCCC3C2)nc1C(C)C. The van der Waals surface area contributed by atoms with E-state index in [9.17, 15) is 0 Å². The molecule has 118 valence electrons. The van der Waals surface area contributed by atoms with Crippen LogP contribution in [0.15, 0.2) is 0 Å². The van der Waals surface area contributed by atoms with Crippen molar-refractivity contribution in [2.75, 3.05) is 18.0 Å². The van der Waals surface area contributed by atoms with Gasteiger partial charge in [0.2, 0.25) is 0 Å². The molecule has 1 saturated carbocycles. The summed E-state index contributed by atoms with van der Waals surface area (Å²) in [5.74, 6) is 2.39. The Labute approximate surface area is 133 Å². The molecule has 3 nitrogen and oxygen atoms in total. The van der Waals surface area contributed by atoms with Gasteiger partial charge in [-0.2, -0.15) is 0 Å². The number of thiazole rings is 1. The molecule has 2 heterocycles. The summed E-state index contributed by atoms with van der Waals surface area (Å²) in [4.78, 5) is 9.00. The number of aromatic nitrogens is 1. The molecule has 2 fully saturated rings. The van der Waals surface area contributed by atoms with Crippen molar-refractivity contribution in [3.8, 4) is 0 Å². The van der Waals surface area contributed by atoms with Crippen LogP contribution in [0.4, 0.5) is 5.13 Å². The molecule has 1 saturated heterocycles. The van der Waals surface area contributed by atoms with Crippen molar-refractivity contribution in [1.29, 1.82) is 0 Å². The molecule has 0 spiro atoms. The van der Waals surface area contributed by atoms with Gasteiger partial charge in [0.15, 0.2) is 5.13 Å². The number of nitrogens with zero attached hydrogens (tertiary/aromatic N) is 2. The first-order valence-corrected chi connectivity index (χ1v) is 9.34. The topological polar surface area (TPSA) is 28.2 Å². The molecular formula is C17H29N3S. The fraction of sp³-hybridized carbons (Fsp3) is 0.824. The minimum Gasteiger partial charge on any atom is -0.348 e. The number of hydrogen-bond acceptors (Lipinski definition) is 4. The Balaban J connectivity index is 1.75. The highest BCUT2D eigenvalue weighted by Gasteiger charge is 2.37. The Hall–Kier alpha value is -0.610. The first-order chi connectivity index (χ1) is 10.0. The van der Waals surface area contributed by atoms with Crippen LogP contribution in [0.5, 0.6) is 0 Å². The highest BCUT2D eigenvalue weighted by Crippen LogP contribution is 2.41. The lowest BCUT2D eigenvalue weighted by Crippen LogP contribution is -2.22. The summed E-state index contributed by atoms with van der Waals surface area (Å²) in [6.45, 7) is 12.4. The lowest BCUT2D eigenvalue weighted by atomic mass is 10.0. The van der Waals surface area contributed by atoms with Crippen molar-refractivity contribution in [1.82, 2.24) is 10.3 Å². The number of hydrogen-bond donors (Lipinski definition) is 1. The zero-order valence-corrected chi connectivity index (χ0v) is 14.7. The third-order valence-electron chi connectivity index (χ3n) is 4.93. The highest BCUT2D eigenvalue weighted by atomic mass is 32.1. The second-order valence-electron chi connectivity index (χ2n) is 7.35. The molecule has 2 atom stereocenters. The standard InChI is InChI=1S/C17H29N3S/c1-11(2)16-15(8-18-12(3)4)21-17(19-16)20-9-13-6-5-7-14(13)10-20/h11-14,18H,5-10H2,1-4H3. The van der Waals surface area contributed by atoms with Crippen molar-refractivity contribution in [2.24, 2.45) is 11.8 Å². The lowest BCUT2D eigenvalue weighted by Gasteiger charge is -2.15. The van der Waals surface area contributed by atoms with Gasteiger partial charge in [-0.05, 0) is 30.6 Å². The Morgan fingerprint density at radius 1 is 1.19 bits per heavy atom. The second-order valence-corrected chi connectivity index (χ2v) is 8.41. The molecule has 3 rings (SSSR count). The minimum absolute atomic E-state index is 0.515. The minimum atomic E-state index is 0.515. The Kier molecular flexibility index (Phi) is 4.55. The summed E-state index contributed by atoms with van der Waals surface area (Å²) in [6.07, 6.45) is 4.32. The maximum absolute atomic E-state index is 5.00. The molecule has 1 aromatic rings. The molecule has 0 radical (unpaired) electrons. The normalized spacial score (nSPS) is 25.3. The maximum Gasteiger partial charge on any atom is 0.185 e. The monoisotopic (exact) mass is 307 g/mol. The Morgan fingerprint density at radius 3 is 2.43 bits per heavy atom. The van der Waals surface area contributed by atoms with Crippen molar-refractivity contribution in [2.45, 2.75) is 65.5 Å². The number of rotatable bonds is 5. The van der Waals surface area contributed by atoms with Gasteiger partial charge in [-0.1, -0.05) is 34.1 Å². The van der Waals surface area contributed by atoms with E-state index in [0.29, 0.717) is 12.0 Å². The van der Waals surface area contributed by atoms with Crippen LogP contribution in [0.3, 0.4) is 0 Å². The summed E-state index contributed by atoms with van der Waals surface area (Å²) in [6, 6.07) is 0.529. The van der Waals surface area contributed by atoms with Gasteiger partial charge in [0.05, 0.1) is 5.69 Å². The van der Waals surface area contributed by atoms with E-state index in [-0.39, 0.29) is 0 Å². The van der Waals surface area contributed by atoms with Gasteiger partial charge in [-0.25, -0.2) is 4.98 Å². The Bertz CT molecular complexity index is 468. The van der Waals surface area contributed by atoms with E-state index in [2.05, 4.69) is 37.9 Å². The quantitative estimate of drug-likeness (QED) is 0.891. The van der Waals surface area contributed by atoms with E-state index in [1.165, 1.54) is 48.1 Å². The molecule has 1 aliphatic carbocycles. The van der Waals surface area contributed by atoms with Gasteiger partial charge in [0.1, 0.15) is 0 Å². The summed E-state index contributed by atoms with van der Waals surface area (Å²) >= 11 is 1.92. The van der Waals surface area contributed by atoms with Crippen LogP contribution in [0, 0.1) is 11.8 Å². The third kappa shape index (κ3) is 3.26. The Morgan fingerprint density at radius 2 is 1.86 bits per heavy atom. The molecule has 0 aromatic carbocycles. The number of nitrogens with one attached hydrogen (secondary N) is 1. The van der Waals surface area contributed by atoms with Gasteiger partial charge >= 0.3 is 0 Å². The van der Waals surface area contributed by atoms with E-state index >= 15 is 0 Å². The largest absolute Gasteiger partial charge is 0.348 e. The first kappa shape index (κ1) is 15.3. The van der Waals surface area contributed by atoms with Crippen LogP contribution in [-0.2, 0) is 6.54 Å². The first-order valence-electron chi connectivity index (χ1n) is 8.52. The fourth-order valence-electron chi connectivity index (χ4n) is 3.75. The zero-order valence-electron chi connectivity index (χ0n) is 13.9. The van der Waals surface area contributed by atoms with Crippen LogP contribution >= 0.6 is 11.3 Å². The van der Waals surface area contributed by atoms with Crippen LogP contribution in [0.2, 0.25) is 0 Å². The molecule has 1 aliphatic heterocycles. The van der Waals surface area contributed by atoms with E-state index < -0.39 is 0 Å². The molecular weight excluding hydrogens is 278 g/mol. The van der Waals surface area contributed by atoms with Gasteiger partial charge in [0.25, 0.3) is 0 Å². The van der Waals surface area contributed by atoms with Crippen LogP contribution < -0.4 is 10.2 Å². The van der Waals surface area contributed by atoms with E-state index in [1.54, 1.807) is 0 Å². The highest BCUT2D eigenvalue weighted by molar-refractivity contribution is 7.15. The number of anilines is 1. The van der Waals surface area contributed by atoms with E-state index in [4.69, 9.17) is 4.98 Å². The fourth-order valence-corrected chi connectivity index (χ4v) is 4.94. The molecule has 0 amide bonds. The smallest absolute Gasteiger partial charge is 0.185 e. The van der Waals surface area contributed by atoms with Crippen molar-refractivity contribution >= 4 is 16.5 Å². The molecule has 2 aliphatic rings. The zero-order chi connectivity index (χ0) is 15.0. The molecule has 21 heavy (non-hydrogen) atoms. The van der Waals surface area contributed by atoms with E-state index in [0.717, 1.165) is 18.4 Å². The summed E-state index contributed by atoms with van der Waals surface area (Å²) in [5, 5.41) is 4.82. The average molecular weight is 308 g/mol. The maximum atomic E-state index is 5.00. The van der Waals surface area contributed by atoms with Crippen molar-refractivity contribution in [3.05, 3.63) is 10.6 Å². The number of fused-ring (bicyclic) bond motifs is 1. The van der Waals surface area contributed by atoms with Gasteiger partial charge < -0.3 is 10.2 Å². The predicted molar refractivity (Wildman–Crippen MR) is 91.2 cm³/mol. The van der Waals surface area contributed by atoms with Crippen LogP contribution in [0.1, 0.15) is 63.4 Å². The molecule has 1 N–H and O–H groups in total. The van der Waals surface area contributed by atoms with Crippen molar-refractivity contribution in [3.63, 3.8) is 0 Å². The van der Waals surface area contributed by atoms with Crippen molar-refractivity contribution < 1.29 is 0 Å².